The van der Waals surface area contributed by atoms with E-state index in [2.05, 4.69) is 11.4 Å². The van der Waals surface area contributed by atoms with Crippen molar-refractivity contribution in [2.45, 2.75) is 25.8 Å². The third kappa shape index (κ3) is 6.48. The van der Waals surface area contributed by atoms with Gasteiger partial charge in [0.15, 0.2) is 6.61 Å². The van der Waals surface area contributed by atoms with Crippen LogP contribution in [0.25, 0.3) is 0 Å². The fourth-order valence-electron chi connectivity index (χ4n) is 2.48. The highest BCUT2D eigenvalue weighted by Crippen LogP contribution is 2.18. The SMILES string of the molecule is COC(=O)CC(NC(=O)COc1ccc(CC#N)cc1)c1ccc(C)cc1. The van der Waals surface area contributed by atoms with Gasteiger partial charge in [-0.15, -0.1) is 0 Å². The van der Waals surface area contributed by atoms with Crippen molar-refractivity contribution >= 4 is 11.9 Å². The molecule has 2 aromatic rings. The van der Waals surface area contributed by atoms with E-state index in [0.29, 0.717) is 12.2 Å². The van der Waals surface area contributed by atoms with E-state index in [4.69, 9.17) is 14.7 Å². The molecule has 6 nitrogen and oxygen atoms in total. The maximum Gasteiger partial charge on any atom is 0.307 e. The molecular formula is C21H22N2O4. The van der Waals surface area contributed by atoms with Crippen molar-refractivity contribution in [1.29, 1.82) is 5.26 Å². The molecule has 6 heteroatoms. The molecule has 0 saturated carbocycles. The zero-order valence-electron chi connectivity index (χ0n) is 15.4. The molecule has 1 unspecified atom stereocenters. The van der Waals surface area contributed by atoms with E-state index in [0.717, 1.165) is 16.7 Å². The highest BCUT2D eigenvalue weighted by molar-refractivity contribution is 5.79. The summed E-state index contributed by atoms with van der Waals surface area (Å²) in [7, 11) is 1.31. The molecule has 0 aliphatic heterocycles. The molecule has 0 saturated heterocycles. The van der Waals surface area contributed by atoms with Crippen LogP contribution in [-0.2, 0) is 20.7 Å². The Labute approximate surface area is 158 Å². The second kappa shape index (κ2) is 9.97. The van der Waals surface area contributed by atoms with Gasteiger partial charge in [0.25, 0.3) is 5.91 Å². The largest absolute Gasteiger partial charge is 0.484 e. The number of carbonyl (C=O) groups excluding carboxylic acids is 2. The van der Waals surface area contributed by atoms with Crippen LogP contribution in [0.3, 0.4) is 0 Å². The summed E-state index contributed by atoms with van der Waals surface area (Å²) in [6, 6.07) is 16.2. The van der Waals surface area contributed by atoms with Crippen molar-refractivity contribution in [3.63, 3.8) is 0 Å². The molecule has 0 aromatic heterocycles. The summed E-state index contributed by atoms with van der Waals surface area (Å²) < 4.78 is 10.2. The number of methoxy groups -OCH3 is 1. The quantitative estimate of drug-likeness (QED) is 0.726. The summed E-state index contributed by atoms with van der Waals surface area (Å²) in [5, 5.41) is 11.5. The molecule has 2 rings (SSSR count). The van der Waals surface area contributed by atoms with Crippen molar-refractivity contribution in [2.24, 2.45) is 0 Å². The van der Waals surface area contributed by atoms with Gasteiger partial charge in [0, 0.05) is 0 Å². The minimum Gasteiger partial charge on any atom is -0.484 e. The van der Waals surface area contributed by atoms with Gasteiger partial charge in [-0.1, -0.05) is 42.0 Å². The van der Waals surface area contributed by atoms with E-state index in [9.17, 15) is 9.59 Å². The van der Waals surface area contributed by atoms with Crippen LogP contribution in [0.1, 0.15) is 29.2 Å². The lowest BCUT2D eigenvalue weighted by Gasteiger charge is -2.18. The van der Waals surface area contributed by atoms with Crippen LogP contribution < -0.4 is 10.1 Å². The molecule has 1 atom stereocenters. The van der Waals surface area contributed by atoms with Crippen molar-refractivity contribution in [3.8, 4) is 11.8 Å². The standard InChI is InChI=1S/C21H22N2O4/c1-15-3-7-17(8-4-15)19(13-21(25)26-2)23-20(24)14-27-18-9-5-16(6-10-18)11-12-22/h3-10,19H,11,13-14H2,1-2H3,(H,23,24). The number of ether oxygens (including phenoxy) is 2. The first-order valence-electron chi connectivity index (χ1n) is 8.53. The number of nitriles is 1. The van der Waals surface area contributed by atoms with Crippen LogP contribution in [0.15, 0.2) is 48.5 Å². The third-order valence-electron chi connectivity index (χ3n) is 3.99. The molecule has 27 heavy (non-hydrogen) atoms. The van der Waals surface area contributed by atoms with Crippen molar-refractivity contribution in [3.05, 3.63) is 65.2 Å². The van der Waals surface area contributed by atoms with Gasteiger partial charge in [0.05, 0.1) is 32.1 Å². The van der Waals surface area contributed by atoms with Crippen molar-refractivity contribution in [1.82, 2.24) is 5.32 Å². The van der Waals surface area contributed by atoms with E-state index in [1.165, 1.54) is 7.11 Å². The van der Waals surface area contributed by atoms with Gasteiger partial charge < -0.3 is 14.8 Å². The molecule has 1 N–H and O–H groups in total. The van der Waals surface area contributed by atoms with Gasteiger partial charge in [-0.05, 0) is 30.2 Å². The summed E-state index contributed by atoms with van der Waals surface area (Å²) in [6.45, 7) is 1.79. The number of amides is 1. The lowest BCUT2D eigenvalue weighted by atomic mass is 10.0. The maximum atomic E-state index is 12.3. The van der Waals surface area contributed by atoms with Gasteiger partial charge in [-0.3, -0.25) is 9.59 Å². The fraction of sp³-hybridized carbons (Fsp3) is 0.286. The van der Waals surface area contributed by atoms with E-state index in [1.54, 1.807) is 24.3 Å². The number of nitrogens with zero attached hydrogens (tertiary/aromatic N) is 1. The van der Waals surface area contributed by atoms with Crippen LogP contribution in [0.4, 0.5) is 0 Å². The summed E-state index contributed by atoms with van der Waals surface area (Å²) in [4.78, 5) is 24.0. The number of rotatable bonds is 8. The Bertz CT molecular complexity index is 808. The molecule has 2 aromatic carbocycles. The predicted octanol–water partition coefficient (Wildman–Crippen LogP) is 2.86. The normalized spacial score (nSPS) is 11.1. The fourth-order valence-corrected chi connectivity index (χ4v) is 2.48. The number of benzene rings is 2. The first kappa shape index (κ1) is 20.0. The monoisotopic (exact) mass is 366 g/mol. The van der Waals surface area contributed by atoms with E-state index >= 15 is 0 Å². The van der Waals surface area contributed by atoms with Crippen molar-refractivity contribution < 1.29 is 19.1 Å². The zero-order valence-corrected chi connectivity index (χ0v) is 15.4. The van der Waals surface area contributed by atoms with Gasteiger partial charge in [-0.2, -0.15) is 5.26 Å². The molecule has 0 aliphatic carbocycles. The molecule has 140 valence electrons. The Hall–Kier alpha value is -3.33. The highest BCUT2D eigenvalue weighted by atomic mass is 16.5. The van der Waals surface area contributed by atoms with E-state index < -0.39 is 12.0 Å². The van der Waals surface area contributed by atoms with Crippen LogP contribution in [-0.4, -0.2) is 25.6 Å². The summed E-state index contributed by atoms with van der Waals surface area (Å²) in [5.74, 6) is -0.216. The second-order valence-electron chi connectivity index (χ2n) is 6.08. The number of aryl methyl sites for hydroxylation is 1. The number of hydrogen-bond acceptors (Lipinski definition) is 5. The number of esters is 1. The summed E-state index contributed by atoms with van der Waals surface area (Å²) in [5.41, 5.74) is 2.79. The second-order valence-corrected chi connectivity index (χ2v) is 6.08. The summed E-state index contributed by atoms with van der Waals surface area (Å²) in [6.07, 6.45) is 0.362. The van der Waals surface area contributed by atoms with E-state index in [-0.39, 0.29) is 18.9 Å². The maximum absolute atomic E-state index is 12.3. The zero-order chi connectivity index (χ0) is 19.6. The molecule has 0 fully saturated rings. The average Bonchev–Trinajstić information content (AvgIpc) is 2.67. The third-order valence-corrected chi connectivity index (χ3v) is 3.99. The number of carbonyl (C=O) groups is 2. The first-order valence-corrected chi connectivity index (χ1v) is 8.53. The van der Waals surface area contributed by atoms with Crippen LogP contribution in [0.5, 0.6) is 5.75 Å². The van der Waals surface area contributed by atoms with Gasteiger partial charge in [0.2, 0.25) is 0 Å². The number of hydrogen-bond donors (Lipinski definition) is 1. The van der Waals surface area contributed by atoms with Gasteiger partial charge in [0.1, 0.15) is 5.75 Å². The molecular weight excluding hydrogens is 344 g/mol. The Kier molecular flexibility index (Phi) is 7.38. The van der Waals surface area contributed by atoms with Gasteiger partial charge >= 0.3 is 5.97 Å². The Balaban J connectivity index is 1.97. The number of nitrogens with one attached hydrogen (secondary N) is 1. The van der Waals surface area contributed by atoms with E-state index in [1.807, 2.05) is 31.2 Å². The average molecular weight is 366 g/mol. The molecule has 0 spiro atoms. The Morgan fingerprint density at radius 2 is 1.78 bits per heavy atom. The minimum absolute atomic E-state index is 0.0359. The highest BCUT2D eigenvalue weighted by Gasteiger charge is 2.19. The molecule has 0 aliphatic rings. The molecule has 0 heterocycles. The summed E-state index contributed by atoms with van der Waals surface area (Å²) >= 11 is 0. The lowest BCUT2D eigenvalue weighted by Crippen LogP contribution is -2.34. The first-order chi connectivity index (χ1) is 13.0. The Morgan fingerprint density at radius 1 is 1.11 bits per heavy atom. The van der Waals surface area contributed by atoms with Crippen LogP contribution in [0.2, 0.25) is 0 Å². The molecule has 0 radical (unpaired) electrons. The molecule has 1 amide bonds. The lowest BCUT2D eigenvalue weighted by molar-refractivity contribution is -0.141. The van der Waals surface area contributed by atoms with Gasteiger partial charge in [-0.25, -0.2) is 0 Å². The predicted molar refractivity (Wildman–Crippen MR) is 99.9 cm³/mol. The minimum atomic E-state index is -0.493. The van der Waals surface area contributed by atoms with Crippen LogP contribution in [0, 0.1) is 18.3 Å². The topological polar surface area (TPSA) is 88.4 Å². The smallest absolute Gasteiger partial charge is 0.307 e. The van der Waals surface area contributed by atoms with Crippen LogP contribution >= 0.6 is 0 Å². The molecule has 0 bridgehead atoms. The Morgan fingerprint density at radius 3 is 2.37 bits per heavy atom. The van der Waals surface area contributed by atoms with Crippen molar-refractivity contribution in [2.75, 3.05) is 13.7 Å².